The lowest BCUT2D eigenvalue weighted by molar-refractivity contribution is -0.119. The summed E-state index contributed by atoms with van der Waals surface area (Å²) in [4.78, 5) is 16.7. The molecule has 1 amide bonds. The van der Waals surface area contributed by atoms with E-state index in [9.17, 15) is 10.1 Å². The standard InChI is InChI=1S/C19H21N3OS/c1-13-7-8-17-14(9-13)10-15(11-20)19(22-17)24-12-18(23)21-16-5-3-2-4-6-16/h7-10,16H,2-6,12H2,1H3,(H,21,23). The summed E-state index contributed by atoms with van der Waals surface area (Å²) < 4.78 is 0. The summed E-state index contributed by atoms with van der Waals surface area (Å²) in [5.41, 5.74) is 2.53. The third-order valence-corrected chi connectivity index (χ3v) is 5.36. The second-order valence-corrected chi connectivity index (χ2v) is 7.30. The summed E-state index contributed by atoms with van der Waals surface area (Å²) in [6.45, 7) is 2.02. The van der Waals surface area contributed by atoms with E-state index in [2.05, 4.69) is 16.4 Å². The van der Waals surface area contributed by atoms with Crippen molar-refractivity contribution in [3.05, 3.63) is 35.4 Å². The maximum absolute atomic E-state index is 12.1. The van der Waals surface area contributed by atoms with E-state index in [4.69, 9.17) is 0 Å². The number of aromatic nitrogens is 1. The molecule has 1 aliphatic carbocycles. The van der Waals surface area contributed by atoms with E-state index in [1.165, 1.54) is 31.0 Å². The van der Waals surface area contributed by atoms with Crippen LogP contribution in [0.15, 0.2) is 29.3 Å². The Morgan fingerprint density at radius 1 is 1.33 bits per heavy atom. The molecule has 1 aromatic heterocycles. The summed E-state index contributed by atoms with van der Waals surface area (Å²) in [5.74, 6) is 0.330. The number of amides is 1. The number of nitriles is 1. The Kier molecular flexibility index (Phi) is 5.37. The molecule has 1 aromatic carbocycles. The Labute approximate surface area is 146 Å². The molecule has 2 aromatic rings. The minimum absolute atomic E-state index is 0.0293. The van der Waals surface area contributed by atoms with Gasteiger partial charge >= 0.3 is 0 Å². The largest absolute Gasteiger partial charge is 0.353 e. The molecule has 1 aliphatic rings. The third-order valence-electron chi connectivity index (χ3n) is 4.37. The van der Waals surface area contributed by atoms with E-state index < -0.39 is 0 Å². The van der Waals surface area contributed by atoms with Crippen molar-refractivity contribution in [1.82, 2.24) is 10.3 Å². The molecule has 4 nitrogen and oxygen atoms in total. The highest BCUT2D eigenvalue weighted by Gasteiger charge is 2.16. The van der Waals surface area contributed by atoms with Crippen molar-refractivity contribution in [2.75, 3.05) is 5.75 Å². The first-order valence-corrected chi connectivity index (χ1v) is 9.38. The van der Waals surface area contributed by atoms with Crippen LogP contribution in [0.5, 0.6) is 0 Å². The summed E-state index contributed by atoms with van der Waals surface area (Å²) >= 11 is 1.34. The molecule has 5 heteroatoms. The molecule has 24 heavy (non-hydrogen) atoms. The fraction of sp³-hybridized carbons (Fsp3) is 0.421. The normalized spacial score (nSPS) is 15.2. The highest BCUT2D eigenvalue weighted by atomic mass is 32.2. The molecule has 0 spiro atoms. The van der Waals surface area contributed by atoms with Crippen LogP contribution in [-0.2, 0) is 4.79 Å². The average Bonchev–Trinajstić information content (AvgIpc) is 2.60. The molecule has 1 N–H and O–H groups in total. The van der Waals surface area contributed by atoms with Gasteiger partial charge < -0.3 is 5.32 Å². The molecular formula is C19H21N3OS. The van der Waals surface area contributed by atoms with Crippen molar-refractivity contribution in [2.24, 2.45) is 0 Å². The van der Waals surface area contributed by atoms with Crippen molar-refractivity contribution in [3.8, 4) is 6.07 Å². The molecule has 0 aliphatic heterocycles. The van der Waals surface area contributed by atoms with Crippen LogP contribution in [-0.4, -0.2) is 22.7 Å². The van der Waals surface area contributed by atoms with Crippen LogP contribution in [0.4, 0.5) is 0 Å². The Morgan fingerprint density at radius 3 is 2.88 bits per heavy atom. The fourth-order valence-electron chi connectivity index (χ4n) is 3.12. The topological polar surface area (TPSA) is 65.8 Å². The van der Waals surface area contributed by atoms with E-state index in [1.54, 1.807) is 0 Å². The van der Waals surface area contributed by atoms with Crippen LogP contribution >= 0.6 is 11.8 Å². The molecule has 0 bridgehead atoms. The van der Waals surface area contributed by atoms with Gasteiger partial charge in [-0.25, -0.2) is 4.98 Å². The number of nitrogens with zero attached hydrogens (tertiary/aromatic N) is 2. The Balaban J connectivity index is 1.68. The second kappa shape index (κ2) is 7.67. The van der Waals surface area contributed by atoms with E-state index in [1.807, 2.05) is 31.2 Å². The lowest BCUT2D eigenvalue weighted by Crippen LogP contribution is -2.37. The smallest absolute Gasteiger partial charge is 0.230 e. The van der Waals surface area contributed by atoms with Crippen molar-refractivity contribution < 1.29 is 4.79 Å². The first-order chi connectivity index (χ1) is 11.7. The molecule has 1 saturated carbocycles. The maximum Gasteiger partial charge on any atom is 0.230 e. The molecule has 3 rings (SSSR count). The maximum atomic E-state index is 12.1. The molecule has 0 radical (unpaired) electrons. The molecular weight excluding hydrogens is 318 g/mol. The van der Waals surface area contributed by atoms with Crippen molar-refractivity contribution >= 4 is 28.6 Å². The van der Waals surface area contributed by atoms with Crippen molar-refractivity contribution in [2.45, 2.75) is 50.1 Å². The minimum Gasteiger partial charge on any atom is -0.353 e. The number of nitrogens with one attached hydrogen (secondary N) is 1. The van der Waals surface area contributed by atoms with Crippen LogP contribution < -0.4 is 5.32 Å². The monoisotopic (exact) mass is 339 g/mol. The third kappa shape index (κ3) is 4.07. The van der Waals surface area contributed by atoms with Crippen LogP contribution in [0.25, 0.3) is 10.9 Å². The zero-order valence-corrected chi connectivity index (χ0v) is 14.7. The van der Waals surface area contributed by atoms with Crippen molar-refractivity contribution in [3.63, 3.8) is 0 Å². The van der Waals surface area contributed by atoms with Gasteiger partial charge in [0.25, 0.3) is 0 Å². The predicted octanol–water partition coefficient (Wildman–Crippen LogP) is 3.96. The van der Waals surface area contributed by atoms with E-state index in [0.29, 0.717) is 22.4 Å². The van der Waals surface area contributed by atoms with Gasteiger partial charge in [-0.3, -0.25) is 4.79 Å². The van der Waals surface area contributed by atoms with Crippen molar-refractivity contribution in [1.29, 1.82) is 5.26 Å². The summed E-state index contributed by atoms with van der Waals surface area (Å²) in [7, 11) is 0. The number of thioether (sulfide) groups is 1. The number of hydrogen-bond acceptors (Lipinski definition) is 4. The zero-order valence-electron chi connectivity index (χ0n) is 13.8. The van der Waals surface area contributed by atoms with E-state index in [-0.39, 0.29) is 5.91 Å². The second-order valence-electron chi connectivity index (χ2n) is 6.34. The first-order valence-electron chi connectivity index (χ1n) is 8.39. The average molecular weight is 339 g/mol. The zero-order chi connectivity index (χ0) is 16.9. The van der Waals surface area contributed by atoms with Gasteiger partial charge in [-0.15, -0.1) is 0 Å². The number of hydrogen-bond donors (Lipinski definition) is 1. The Bertz CT molecular complexity index is 791. The predicted molar refractivity (Wildman–Crippen MR) is 96.9 cm³/mol. The van der Waals surface area contributed by atoms with Gasteiger partial charge in [0.05, 0.1) is 16.8 Å². The molecule has 0 unspecified atom stereocenters. The van der Waals surface area contributed by atoms with Crippen LogP contribution in [0.3, 0.4) is 0 Å². The molecule has 0 saturated heterocycles. The van der Waals surface area contributed by atoms with E-state index in [0.717, 1.165) is 29.3 Å². The quantitative estimate of drug-likeness (QED) is 0.856. The van der Waals surface area contributed by atoms with E-state index >= 15 is 0 Å². The van der Waals surface area contributed by atoms with Gasteiger partial charge in [0.1, 0.15) is 11.1 Å². The number of benzene rings is 1. The molecule has 124 valence electrons. The van der Waals surface area contributed by atoms with Crippen LogP contribution in [0, 0.1) is 18.3 Å². The Hall–Kier alpha value is -2.06. The summed E-state index contributed by atoms with van der Waals surface area (Å²) in [6.07, 6.45) is 5.82. The minimum atomic E-state index is 0.0293. The molecule has 1 fully saturated rings. The SMILES string of the molecule is Cc1ccc2nc(SCC(=O)NC3CCCCC3)c(C#N)cc2c1. The number of carbonyl (C=O) groups is 1. The highest BCUT2D eigenvalue weighted by molar-refractivity contribution is 8.00. The van der Waals surface area contributed by atoms with Crippen LogP contribution in [0.2, 0.25) is 0 Å². The summed E-state index contributed by atoms with van der Waals surface area (Å²) in [6, 6.07) is 10.4. The number of aryl methyl sites for hydroxylation is 1. The van der Waals surface area contributed by atoms with Crippen LogP contribution in [0.1, 0.15) is 43.2 Å². The van der Waals surface area contributed by atoms with Gasteiger partial charge in [0.15, 0.2) is 0 Å². The fourth-order valence-corrected chi connectivity index (χ4v) is 3.89. The number of rotatable bonds is 4. The van der Waals surface area contributed by atoms with Gasteiger partial charge in [-0.1, -0.05) is 42.7 Å². The first kappa shape index (κ1) is 16.8. The Morgan fingerprint density at radius 2 is 2.12 bits per heavy atom. The number of pyridine rings is 1. The lowest BCUT2D eigenvalue weighted by Gasteiger charge is -2.22. The lowest BCUT2D eigenvalue weighted by atomic mass is 9.95. The molecule has 0 atom stereocenters. The van der Waals surface area contributed by atoms with Gasteiger partial charge in [-0.2, -0.15) is 5.26 Å². The van der Waals surface area contributed by atoms with Gasteiger partial charge in [-0.05, 0) is 38.0 Å². The highest BCUT2D eigenvalue weighted by Crippen LogP contribution is 2.25. The summed E-state index contributed by atoms with van der Waals surface area (Å²) in [5, 5.41) is 14.1. The number of carbonyl (C=O) groups excluding carboxylic acids is 1. The molecule has 1 heterocycles. The van der Waals surface area contributed by atoms with Gasteiger partial charge in [0.2, 0.25) is 5.91 Å². The van der Waals surface area contributed by atoms with Gasteiger partial charge in [0, 0.05) is 11.4 Å². The number of fused-ring (bicyclic) bond motifs is 1.